The predicted octanol–water partition coefficient (Wildman–Crippen LogP) is 3.06. The Bertz CT molecular complexity index is 587. The second kappa shape index (κ2) is 6.19. The lowest BCUT2D eigenvalue weighted by Crippen LogP contribution is -2.54. The molecule has 0 bridgehead atoms. The maximum Gasteiger partial charge on any atom is 0.114 e. The van der Waals surface area contributed by atoms with E-state index in [1.165, 1.54) is 5.56 Å². The first-order valence-corrected chi connectivity index (χ1v) is 8.01. The van der Waals surface area contributed by atoms with Crippen LogP contribution in [0.1, 0.15) is 25.1 Å². The van der Waals surface area contributed by atoms with Gasteiger partial charge < -0.3 is 5.11 Å². The second-order valence-electron chi connectivity index (χ2n) is 6.52. The molecule has 1 aliphatic heterocycles. The molecule has 0 aliphatic carbocycles. The largest absolute Gasteiger partial charge is 0.383 e. The van der Waals surface area contributed by atoms with Crippen molar-refractivity contribution in [2.45, 2.75) is 26.0 Å². The maximum atomic E-state index is 11.3. The number of rotatable bonds is 3. The van der Waals surface area contributed by atoms with Crippen LogP contribution in [0.25, 0.3) is 0 Å². The number of hydrogen-bond acceptors (Lipinski definition) is 3. The molecule has 2 heterocycles. The van der Waals surface area contributed by atoms with Crippen molar-refractivity contribution in [3.63, 3.8) is 0 Å². The predicted molar refractivity (Wildman–Crippen MR) is 88.2 cm³/mol. The van der Waals surface area contributed by atoms with Crippen molar-refractivity contribution in [1.29, 1.82) is 0 Å². The van der Waals surface area contributed by atoms with E-state index in [2.05, 4.69) is 48.0 Å². The molecule has 1 aromatic heterocycles. The standard InChI is InChI=1S/C19H24N2O/c1-15-12-21(14-17-8-4-3-5-9-17)13-16(2)19(15,22)18-10-6-7-11-20-18/h3-11,15-16,22H,12-14H2,1-2H3/t15-,16+,19?. The molecular weight excluding hydrogens is 272 g/mol. The molecule has 22 heavy (non-hydrogen) atoms. The topological polar surface area (TPSA) is 36.4 Å². The Morgan fingerprint density at radius 1 is 1.05 bits per heavy atom. The highest BCUT2D eigenvalue weighted by Crippen LogP contribution is 2.40. The first-order chi connectivity index (χ1) is 10.6. The second-order valence-corrected chi connectivity index (χ2v) is 6.52. The Hall–Kier alpha value is -1.71. The number of nitrogens with zero attached hydrogens (tertiary/aromatic N) is 2. The molecule has 1 saturated heterocycles. The van der Waals surface area contributed by atoms with E-state index < -0.39 is 5.60 Å². The van der Waals surface area contributed by atoms with Crippen LogP contribution in [0.3, 0.4) is 0 Å². The summed E-state index contributed by atoms with van der Waals surface area (Å²) in [6.45, 7) is 6.96. The van der Waals surface area contributed by atoms with Gasteiger partial charge in [0.25, 0.3) is 0 Å². The number of hydrogen-bond donors (Lipinski definition) is 1. The smallest absolute Gasteiger partial charge is 0.114 e. The summed E-state index contributed by atoms with van der Waals surface area (Å²) in [6.07, 6.45) is 1.77. The number of pyridine rings is 1. The van der Waals surface area contributed by atoms with Gasteiger partial charge in [0, 0.05) is 37.7 Å². The molecule has 1 N–H and O–H groups in total. The van der Waals surface area contributed by atoms with Gasteiger partial charge in [-0.1, -0.05) is 50.2 Å². The van der Waals surface area contributed by atoms with E-state index in [4.69, 9.17) is 0 Å². The fraction of sp³-hybridized carbons (Fsp3) is 0.421. The van der Waals surface area contributed by atoms with E-state index in [-0.39, 0.29) is 11.8 Å². The summed E-state index contributed by atoms with van der Waals surface area (Å²) in [6, 6.07) is 16.3. The molecule has 2 aromatic rings. The Labute approximate surface area is 132 Å². The zero-order valence-corrected chi connectivity index (χ0v) is 13.3. The van der Waals surface area contributed by atoms with Crippen molar-refractivity contribution >= 4 is 0 Å². The van der Waals surface area contributed by atoms with Gasteiger partial charge in [-0.3, -0.25) is 9.88 Å². The fourth-order valence-corrected chi connectivity index (χ4v) is 3.69. The minimum atomic E-state index is -0.839. The SMILES string of the molecule is C[C@@H]1CN(Cc2ccccc2)C[C@H](C)C1(O)c1ccccn1. The third-order valence-electron chi connectivity index (χ3n) is 4.89. The first kappa shape index (κ1) is 15.2. The summed E-state index contributed by atoms with van der Waals surface area (Å²) >= 11 is 0. The molecule has 1 aliphatic rings. The fourth-order valence-electron chi connectivity index (χ4n) is 3.69. The zero-order chi connectivity index (χ0) is 15.6. The van der Waals surface area contributed by atoms with Gasteiger partial charge in [-0.2, -0.15) is 0 Å². The van der Waals surface area contributed by atoms with Crippen molar-refractivity contribution in [3.05, 3.63) is 66.0 Å². The molecule has 0 saturated carbocycles. The lowest BCUT2D eigenvalue weighted by atomic mass is 9.72. The van der Waals surface area contributed by atoms with E-state index in [1.54, 1.807) is 6.20 Å². The average molecular weight is 296 g/mol. The van der Waals surface area contributed by atoms with Crippen LogP contribution in [0, 0.1) is 11.8 Å². The van der Waals surface area contributed by atoms with Crippen molar-refractivity contribution < 1.29 is 5.11 Å². The summed E-state index contributed by atoms with van der Waals surface area (Å²) in [4.78, 5) is 6.85. The van der Waals surface area contributed by atoms with E-state index in [0.717, 1.165) is 25.3 Å². The molecule has 0 amide bonds. The lowest BCUT2D eigenvalue weighted by molar-refractivity contribution is -0.117. The zero-order valence-electron chi connectivity index (χ0n) is 13.3. The molecule has 1 fully saturated rings. The Morgan fingerprint density at radius 2 is 1.68 bits per heavy atom. The van der Waals surface area contributed by atoms with Crippen molar-refractivity contribution in [3.8, 4) is 0 Å². The van der Waals surface area contributed by atoms with Crippen LogP contribution in [0.5, 0.6) is 0 Å². The molecule has 3 nitrogen and oxygen atoms in total. The van der Waals surface area contributed by atoms with Gasteiger partial charge in [0.05, 0.1) is 5.69 Å². The van der Waals surface area contributed by atoms with Crippen molar-refractivity contribution in [2.75, 3.05) is 13.1 Å². The van der Waals surface area contributed by atoms with Crippen LogP contribution in [-0.4, -0.2) is 28.1 Å². The number of aliphatic hydroxyl groups is 1. The van der Waals surface area contributed by atoms with Crippen molar-refractivity contribution in [2.24, 2.45) is 11.8 Å². The van der Waals surface area contributed by atoms with Gasteiger partial charge in [0.2, 0.25) is 0 Å². The van der Waals surface area contributed by atoms with Gasteiger partial charge in [0.15, 0.2) is 0 Å². The molecule has 0 spiro atoms. The quantitative estimate of drug-likeness (QED) is 0.945. The van der Waals surface area contributed by atoms with E-state index in [1.807, 2.05) is 24.3 Å². The lowest BCUT2D eigenvalue weighted by Gasteiger charge is -2.47. The van der Waals surface area contributed by atoms with E-state index in [9.17, 15) is 5.11 Å². The molecule has 3 rings (SSSR count). The average Bonchev–Trinajstić information content (AvgIpc) is 2.54. The summed E-state index contributed by atoms with van der Waals surface area (Å²) in [5.74, 6) is 0.296. The molecule has 1 unspecified atom stereocenters. The third kappa shape index (κ3) is 2.79. The Morgan fingerprint density at radius 3 is 2.27 bits per heavy atom. The van der Waals surface area contributed by atoms with Crippen LogP contribution < -0.4 is 0 Å². The van der Waals surface area contributed by atoms with E-state index in [0.29, 0.717) is 0 Å². The van der Waals surface area contributed by atoms with Crippen LogP contribution in [-0.2, 0) is 12.1 Å². The van der Waals surface area contributed by atoms with Gasteiger partial charge in [-0.25, -0.2) is 0 Å². The summed E-state index contributed by atoms with van der Waals surface area (Å²) < 4.78 is 0. The highest BCUT2D eigenvalue weighted by atomic mass is 16.3. The number of aromatic nitrogens is 1. The van der Waals surface area contributed by atoms with Gasteiger partial charge in [-0.15, -0.1) is 0 Å². The number of likely N-dealkylation sites (tertiary alicyclic amines) is 1. The molecule has 0 radical (unpaired) electrons. The van der Waals surface area contributed by atoms with Crippen molar-refractivity contribution in [1.82, 2.24) is 9.88 Å². The summed E-state index contributed by atoms with van der Waals surface area (Å²) in [7, 11) is 0. The summed E-state index contributed by atoms with van der Waals surface area (Å²) in [5.41, 5.74) is 1.29. The highest BCUT2D eigenvalue weighted by molar-refractivity contribution is 5.19. The monoisotopic (exact) mass is 296 g/mol. The van der Waals surface area contributed by atoms with Gasteiger partial charge in [-0.05, 0) is 17.7 Å². The van der Waals surface area contributed by atoms with Crippen LogP contribution in [0.2, 0.25) is 0 Å². The maximum absolute atomic E-state index is 11.3. The molecule has 3 heteroatoms. The Kier molecular flexibility index (Phi) is 4.27. The first-order valence-electron chi connectivity index (χ1n) is 8.01. The van der Waals surface area contributed by atoms with Crippen LogP contribution in [0.4, 0.5) is 0 Å². The number of benzene rings is 1. The molecule has 116 valence electrons. The molecule has 1 aromatic carbocycles. The summed E-state index contributed by atoms with van der Waals surface area (Å²) in [5, 5.41) is 11.3. The minimum absolute atomic E-state index is 0.148. The van der Waals surface area contributed by atoms with Gasteiger partial charge >= 0.3 is 0 Å². The van der Waals surface area contributed by atoms with Crippen LogP contribution in [0.15, 0.2) is 54.7 Å². The van der Waals surface area contributed by atoms with Crippen LogP contribution >= 0.6 is 0 Å². The molecular formula is C19H24N2O. The normalized spacial score (nSPS) is 29.4. The Balaban J connectivity index is 1.77. The van der Waals surface area contributed by atoms with Gasteiger partial charge in [0.1, 0.15) is 5.60 Å². The highest BCUT2D eigenvalue weighted by Gasteiger charge is 2.46. The minimum Gasteiger partial charge on any atom is -0.383 e. The third-order valence-corrected chi connectivity index (χ3v) is 4.89. The number of piperidine rings is 1. The molecule has 3 atom stereocenters. The van der Waals surface area contributed by atoms with E-state index >= 15 is 0 Å².